The van der Waals surface area contributed by atoms with Gasteiger partial charge in [-0.25, -0.2) is 8.78 Å². The maximum atomic E-state index is 13.3. The van der Waals surface area contributed by atoms with Gasteiger partial charge in [-0.2, -0.15) is 0 Å². The van der Waals surface area contributed by atoms with Gasteiger partial charge in [0.25, 0.3) is 5.91 Å². The molecule has 116 valence electrons. The third kappa shape index (κ3) is 4.11. The predicted octanol–water partition coefficient (Wildman–Crippen LogP) is 3.36. The Bertz CT molecular complexity index is 667. The van der Waals surface area contributed by atoms with Crippen molar-refractivity contribution >= 4 is 21.8 Å². The molecule has 0 fully saturated rings. The second-order valence-corrected chi connectivity index (χ2v) is 6.04. The fourth-order valence-electron chi connectivity index (χ4n) is 1.95. The van der Waals surface area contributed by atoms with Crippen LogP contribution in [-0.2, 0) is 5.60 Å². The smallest absolute Gasteiger partial charge is 0.251 e. The van der Waals surface area contributed by atoms with Crippen LogP contribution in [0.1, 0.15) is 22.8 Å². The molecule has 2 aromatic carbocycles. The summed E-state index contributed by atoms with van der Waals surface area (Å²) in [5, 5.41) is 12.9. The molecular formula is C16H14BrF2NO2. The van der Waals surface area contributed by atoms with E-state index in [1.54, 1.807) is 0 Å². The number of nitrogens with one attached hydrogen (secondary N) is 1. The molecule has 1 amide bonds. The summed E-state index contributed by atoms with van der Waals surface area (Å²) in [6.07, 6.45) is 0. The Morgan fingerprint density at radius 3 is 2.41 bits per heavy atom. The third-order valence-corrected chi connectivity index (χ3v) is 3.64. The summed E-state index contributed by atoms with van der Waals surface area (Å²) >= 11 is 3.11. The fourth-order valence-corrected chi connectivity index (χ4v) is 2.42. The first-order chi connectivity index (χ1) is 10.3. The second-order valence-electron chi connectivity index (χ2n) is 5.12. The Morgan fingerprint density at radius 1 is 1.18 bits per heavy atom. The van der Waals surface area contributed by atoms with E-state index >= 15 is 0 Å². The normalized spacial score (nSPS) is 13.5. The average Bonchev–Trinajstić information content (AvgIpc) is 2.44. The lowest BCUT2D eigenvalue weighted by Gasteiger charge is -2.24. The Morgan fingerprint density at radius 2 is 1.82 bits per heavy atom. The first kappa shape index (κ1) is 16.6. The summed E-state index contributed by atoms with van der Waals surface area (Å²) in [5.74, 6) is -1.46. The molecule has 2 rings (SSSR count). The van der Waals surface area contributed by atoms with Gasteiger partial charge in [0.15, 0.2) is 0 Å². The summed E-state index contributed by atoms with van der Waals surface area (Å²) in [6.45, 7) is 1.41. The number of rotatable bonds is 4. The van der Waals surface area contributed by atoms with Crippen molar-refractivity contribution in [3.8, 4) is 0 Å². The number of benzene rings is 2. The van der Waals surface area contributed by atoms with Crippen LogP contribution in [0.5, 0.6) is 0 Å². The molecule has 0 bridgehead atoms. The van der Waals surface area contributed by atoms with E-state index in [9.17, 15) is 18.7 Å². The summed E-state index contributed by atoms with van der Waals surface area (Å²) < 4.78 is 26.6. The van der Waals surface area contributed by atoms with Crippen molar-refractivity contribution < 1.29 is 18.7 Å². The number of aliphatic hydroxyl groups is 1. The predicted molar refractivity (Wildman–Crippen MR) is 82.4 cm³/mol. The molecule has 0 saturated heterocycles. The fraction of sp³-hybridized carbons (Fsp3) is 0.188. The van der Waals surface area contributed by atoms with Gasteiger partial charge in [0.1, 0.15) is 17.2 Å². The minimum atomic E-state index is -1.37. The standard InChI is InChI=1S/C16H14BrF2NO2/c1-16(22,11-2-4-13(18)5-3-11)9-20-15(21)10-6-12(17)8-14(19)7-10/h2-8,22H,9H2,1H3,(H,20,21). The van der Waals surface area contributed by atoms with Crippen LogP contribution >= 0.6 is 15.9 Å². The molecule has 0 heterocycles. The van der Waals surface area contributed by atoms with E-state index in [4.69, 9.17) is 0 Å². The molecule has 3 nitrogen and oxygen atoms in total. The van der Waals surface area contributed by atoms with Crippen molar-refractivity contribution in [3.05, 3.63) is 69.7 Å². The van der Waals surface area contributed by atoms with E-state index in [0.717, 1.165) is 6.07 Å². The van der Waals surface area contributed by atoms with Crippen LogP contribution in [0, 0.1) is 11.6 Å². The highest BCUT2D eigenvalue weighted by molar-refractivity contribution is 9.10. The zero-order valence-corrected chi connectivity index (χ0v) is 13.3. The highest BCUT2D eigenvalue weighted by atomic mass is 79.9. The Balaban J connectivity index is 2.07. The lowest BCUT2D eigenvalue weighted by Crippen LogP contribution is -2.38. The number of hydrogen-bond donors (Lipinski definition) is 2. The molecule has 0 saturated carbocycles. The van der Waals surface area contributed by atoms with Gasteiger partial charge in [-0.05, 0) is 42.8 Å². The molecule has 0 radical (unpaired) electrons. The van der Waals surface area contributed by atoms with Crippen LogP contribution < -0.4 is 5.32 Å². The van der Waals surface area contributed by atoms with Crippen LogP contribution in [0.15, 0.2) is 46.9 Å². The molecule has 22 heavy (non-hydrogen) atoms. The number of carbonyl (C=O) groups excluding carboxylic acids is 1. The molecule has 1 atom stereocenters. The van der Waals surface area contributed by atoms with Crippen LogP contribution in [0.3, 0.4) is 0 Å². The van der Waals surface area contributed by atoms with Crippen molar-refractivity contribution in [1.82, 2.24) is 5.32 Å². The number of halogens is 3. The molecule has 0 aromatic heterocycles. The van der Waals surface area contributed by atoms with Crippen molar-refractivity contribution in [1.29, 1.82) is 0 Å². The summed E-state index contributed by atoms with van der Waals surface area (Å²) in [5.41, 5.74) is -0.759. The van der Waals surface area contributed by atoms with Gasteiger partial charge in [-0.3, -0.25) is 4.79 Å². The molecule has 0 aliphatic heterocycles. The van der Waals surface area contributed by atoms with Crippen LogP contribution in [0.4, 0.5) is 8.78 Å². The van der Waals surface area contributed by atoms with Gasteiger partial charge in [0, 0.05) is 10.0 Å². The largest absolute Gasteiger partial charge is 0.384 e. The van der Waals surface area contributed by atoms with Gasteiger partial charge >= 0.3 is 0 Å². The van der Waals surface area contributed by atoms with E-state index in [0.29, 0.717) is 10.0 Å². The topological polar surface area (TPSA) is 49.3 Å². The van der Waals surface area contributed by atoms with E-state index in [1.807, 2.05) is 0 Å². The van der Waals surface area contributed by atoms with Crippen LogP contribution in [-0.4, -0.2) is 17.6 Å². The molecular weight excluding hydrogens is 356 g/mol. The van der Waals surface area contributed by atoms with Gasteiger partial charge in [-0.15, -0.1) is 0 Å². The molecule has 2 aromatic rings. The second kappa shape index (κ2) is 6.54. The van der Waals surface area contributed by atoms with E-state index in [-0.39, 0.29) is 12.1 Å². The first-order valence-electron chi connectivity index (χ1n) is 6.51. The zero-order valence-electron chi connectivity index (χ0n) is 11.7. The molecule has 0 spiro atoms. The molecule has 0 aliphatic carbocycles. The molecule has 1 unspecified atom stereocenters. The molecule has 0 aliphatic rings. The van der Waals surface area contributed by atoms with E-state index in [2.05, 4.69) is 21.2 Å². The summed E-state index contributed by atoms with van der Waals surface area (Å²) in [7, 11) is 0. The highest BCUT2D eigenvalue weighted by Gasteiger charge is 2.24. The van der Waals surface area contributed by atoms with E-state index in [1.165, 1.54) is 43.3 Å². The monoisotopic (exact) mass is 369 g/mol. The number of amides is 1. The van der Waals surface area contributed by atoms with Crippen molar-refractivity contribution in [3.63, 3.8) is 0 Å². The maximum absolute atomic E-state index is 13.3. The Kier molecular flexibility index (Phi) is 4.93. The summed E-state index contributed by atoms with van der Waals surface area (Å²) in [6, 6.07) is 9.17. The third-order valence-electron chi connectivity index (χ3n) is 3.18. The quantitative estimate of drug-likeness (QED) is 0.867. The van der Waals surface area contributed by atoms with Crippen molar-refractivity contribution in [2.24, 2.45) is 0 Å². The van der Waals surface area contributed by atoms with Crippen molar-refractivity contribution in [2.45, 2.75) is 12.5 Å². The van der Waals surface area contributed by atoms with Crippen molar-refractivity contribution in [2.75, 3.05) is 6.54 Å². The maximum Gasteiger partial charge on any atom is 0.251 e. The van der Waals surface area contributed by atoms with Crippen LogP contribution in [0.25, 0.3) is 0 Å². The zero-order chi connectivity index (χ0) is 16.3. The van der Waals surface area contributed by atoms with E-state index < -0.39 is 23.1 Å². The van der Waals surface area contributed by atoms with Gasteiger partial charge in [0.05, 0.1) is 6.54 Å². The van der Waals surface area contributed by atoms with Gasteiger partial charge < -0.3 is 10.4 Å². The SMILES string of the molecule is CC(O)(CNC(=O)c1cc(F)cc(Br)c1)c1ccc(F)cc1. The Hall–Kier alpha value is -1.79. The van der Waals surface area contributed by atoms with Crippen LogP contribution in [0.2, 0.25) is 0 Å². The number of carbonyl (C=O) groups is 1. The number of hydrogen-bond acceptors (Lipinski definition) is 2. The van der Waals surface area contributed by atoms with Gasteiger partial charge in [0.2, 0.25) is 0 Å². The first-order valence-corrected chi connectivity index (χ1v) is 7.30. The summed E-state index contributed by atoms with van der Waals surface area (Å²) in [4.78, 5) is 12.0. The van der Waals surface area contributed by atoms with Gasteiger partial charge in [-0.1, -0.05) is 28.1 Å². The minimum absolute atomic E-state index is 0.0917. The Labute approximate surface area is 135 Å². The lowest BCUT2D eigenvalue weighted by molar-refractivity contribution is 0.0526. The highest BCUT2D eigenvalue weighted by Crippen LogP contribution is 2.20. The lowest BCUT2D eigenvalue weighted by atomic mass is 9.96. The molecule has 6 heteroatoms. The minimum Gasteiger partial charge on any atom is -0.384 e. The molecule has 2 N–H and O–H groups in total. The average molecular weight is 370 g/mol.